The van der Waals surface area contributed by atoms with Crippen LogP contribution in [-0.2, 0) is 14.4 Å². The molecule has 0 aromatic heterocycles. The summed E-state index contributed by atoms with van der Waals surface area (Å²) in [7, 11) is 2.87. The van der Waals surface area contributed by atoms with E-state index >= 15 is 0 Å². The minimum Gasteiger partial charge on any atom is -0.508 e. The number of Topliss-reactive ketones (excluding diaryl/α,β-unsaturated/α-hetero) is 2. The zero-order chi connectivity index (χ0) is 29.1. The van der Waals surface area contributed by atoms with E-state index < -0.39 is 87.4 Å². The molecular weight excluding hydrogens is 512 g/mol. The number of likely N-dealkylation sites (N-methyl/N-ethyl adjacent to an activating group) is 1. The van der Waals surface area contributed by atoms with Crippen LogP contribution >= 0.6 is 0 Å². The number of nitrogens with zero attached hydrogens (tertiary/aromatic N) is 1. The third-order valence-electron chi connectivity index (χ3n) is 7.91. The van der Waals surface area contributed by atoms with Crippen molar-refractivity contribution in [2.45, 2.75) is 43.9 Å². The van der Waals surface area contributed by atoms with Gasteiger partial charge >= 0.3 is 6.03 Å². The summed E-state index contributed by atoms with van der Waals surface area (Å²) < 4.78 is 0. The molecule has 6 atom stereocenters. The molecule has 13 heteroatoms. The minimum absolute atomic E-state index is 0.0739. The predicted molar refractivity (Wildman–Crippen MR) is 138 cm³/mol. The summed E-state index contributed by atoms with van der Waals surface area (Å²) in [5.74, 6) is -9.80. The van der Waals surface area contributed by atoms with Crippen molar-refractivity contribution in [3.8, 4) is 5.75 Å². The van der Waals surface area contributed by atoms with E-state index in [1.807, 2.05) is 6.92 Å². The summed E-state index contributed by atoms with van der Waals surface area (Å²) >= 11 is 0. The summed E-state index contributed by atoms with van der Waals surface area (Å²) in [6.07, 6.45) is -1.01. The third kappa shape index (κ3) is 3.87. The summed E-state index contributed by atoms with van der Waals surface area (Å²) in [5.41, 5.74) is 0.872. The van der Waals surface area contributed by atoms with Crippen LogP contribution in [0.25, 0.3) is 5.76 Å². The molecule has 0 spiro atoms. The van der Waals surface area contributed by atoms with Gasteiger partial charge in [0.1, 0.15) is 22.8 Å². The number of primary amides is 1. The topological polar surface area (TPSA) is 223 Å². The van der Waals surface area contributed by atoms with E-state index in [0.717, 1.165) is 0 Å². The first-order chi connectivity index (χ1) is 18.2. The van der Waals surface area contributed by atoms with Crippen molar-refractivity contribution in [2.75, 3.05) is 26.0 Å². The molecule has 0 aliphatic heterocycles. The molecule has 39 heavy (non-hydrogen) atoms. The van der Waals surface area contributed by atoms with Crippen LogP contribution in [0.3, 0.4) is 0 Å². The first-order valence-corrected chi connectivity index (χ1v) is 12.4. The average molecular weight is 545 g/mol. The normalized spacial score (nSPS) is 30.1. The first-order valence-electron chi connectivity index (χ1n) is 12.4. The number of ketones is 2. The van der Waals surface area contributed by atoms with E-state index in [-0.39, 0.29) is 11.3 Å². The van der Waals surface area contributed by atoms with Gasteiger partial charge in [-0.15, -0.1) is 0 Å². The number of amides is 3. The lowest BCUT2D eigenvalue weighted by Gasteiger charge is -2.53. The Hall–Kier alpha value is -3.94. The van der Waals surface area contributed by atoms with E-state index in [2.05, 4.69) is 10.6 Å². The lowest BCUT2D eigenvalue weighted by atomic mass is 9.54. The number of benzene rings is 1. The fraction of sp³-hybridized carbons (Fsp3) is 0.462. The van der Waals surface area contributed by atoms with Gasteiger partial charge in [-0.2, -0.15) is 0 Å². The number of phenolic OH excluding ortho intramolecular Hbond substituents is 1. The Bertz CT molecular complexity index is 1350. The fourth-order valence-corrected chi connectivity index (χ4v) is 6.12. The summed E-state index contributed by atoms with van der Waals surface area (Å²) in [5, 5.41) is 61.6. The van der Waals surface area contributed by atoms with E-state index in [1.54, 1.807) is 6.92 Å². The number of aliphatic hydroxyl groups excluding tert-OH is 3. The highest BCUT2D eigenvalue weighted by Gasteiger charge is 2.68. The quantitative estimate of drug-likeness (QED) is 0.183. The number of nitrogens with one attached hydrogen (secondary N) is 2. The lowest BCUT2D eigenvalue weighted by molar-refractivity contribution is -0.169. The highest BCUT2D eigenvalue weighted by atomic mass is 16.4. The molecule has 1 aromatic carbocycles. The molecule has 0 saturated heterocycles. The van der Waals surface area contributed by atoms with Gasteiger partial charge in [0.15, 0.2) is 11.4 Å². The van der Waals surface area contributed by atoms with Crippen LogP contribution in [0.15, 0.2) is 29.0 Å². The molecule has 3 aliphatic rings. The molecular formula is C26H32N4O9. The van der Waals surface area contributed by atoms with Crippen molar-refractivity contribution in [3.63, 3.8) is 0 Å². The van der Waals surface area contributed by atoms with Crippen molar-refractivity contribution in [2.24, 2.45) is 17.6 Å². The fourth-order valence-electron chi connectivity index (χ4n) is 6.12. The molecule has 1 fully saturated rings. The van der Waals surface area contributed by atoms with Gasteiger partial charge in [-0.3, -0.25) is 19.3 Å². The second kappa shape index (κ2) is 9.67. The maximum atomic E-state index is 14.0. The summed E-state index contributed by atoms with van der Waals surface area (Å²) in [4.78, 5) is 52.7. The standard InChI is InChI=1S/C26H32N4O9/c1-5-8-28-25(38)29-11-7-6-10-9(2)12-14(19(32)13(10)18(11)31)22(35)26(39)16(20(12)33)17(30(3)4)21(34)15(23(26)36)24(27)37/h6-7,9,12,16-17,20,31-33,36,39H,5,8H2,1-4H3,(H2,27,37)(H2,28,29,38). The van der Waals surface area contributed by atoms with Crippen molar-refractivity contribution in [1.29, 1.82) is 0 Å². The second-order valence-electron chi connectivity index (χ2n) is 10.4. The minimum atomic E-state index is -2.99. The van der Waals surface area contributed by atoms with Gasteiger partial charge in [0.05, 0.1) is 29.3 Å². The number of aliphatic hydroxyl groups is 4. The van der Waals surface area contributed by atoms with E-state index in [9.17, 15) is 44.7 Å². The molecule has 1 aromatic rings. The molecule has 4 rings (SSSR count). The number of carbonyl (C=O) groups is 4. The van der Waals surface area contributed by atoms with E-state index in [1.165, 1.54) is 31.1 Å². The SMILES string of the molecule is CCCNC(=O)Nc1ccc2c(c1O)C(O)=C1C(=O)C3(O)C(O)=C(C(N)=O)C(=O)C(N(C)C)C3C(O)C1C2C. The number of urea groups is 1. The molecule has 3 amide bonds. The van der Waals surface area contributed by atoms with Crippen molar-refractivity contribution >= 4 is 35.0 Å². The number of phenols is 1. The number of carbonyl (C=O) groups excluding carboxylic acids is 4. The van der Waals surface area contributed by atoms with Crippen LogP contribution in [0.4, 0.5) is 10.5 Å². The number of hydrogen-bond donors (Lipinski definition) is 8. The number of aromatic hydroxyl groups is 1. The smallest absolute Gasteiger partial charge is 0.319 e. The highest BCUT2D eigenvalue weighted by molar-refractivity contribution is 6.24. The maximum Gasteiger partial charge on any atom is 0.319 e. The zero-order valence-corrected chi connectivity index (χ0v) is 21.8. The maximum absolute atomic E-state index is 14.0. The predicted octanol–water partition coefficient (Wildman–Crippen LogP) is 0.0273. The molecule has 13 nitrogen and oxygen atoms in total. The lowest BCUT2D eigenvalue weighted by Crippen LogP contribution is -2.70. The number of rotatable bonds is 5. The van der Waals surface area contributed by atoms with Crippen LogP contribution in [0.1, 0.15) is 37.3 Å². The molecule has 1 saturated carbocycles. The van der Waals surface area contributed by atoms with Crippen molar-refractivity contribution < 1.29 is 44.7 Å². The van der Waals surface area contributed by atoms with Crippen molar-refractivity contribution in [1.82, 2.24) is 10.2 Å². The van der Waals surface area contributed by atoms with Crippen LogP contribution in [-0.4, -0.2) is 92.3 Å². The Morgan fingerprint density at radius 3 is 2.36 bits per heavy atom. The Labute approximate surface area is 223 Å². The number of hydrogen-bond acceptors (Lipinski definition) is 10. The first kappa shape index (κ1) is 28.1. The largest absolute Gasteiger partial charge is 0.508 e. The second-order valence-corrected chi connectivity index (χ2v) is 10.4. The summed E-state index contributed by atoms with van der Waals surface area (Å²) in [6.45, 7) is 3.85. The van der Waals surface area contributed by atoms with Crippen LogP contribution in [0, 0.1) is 11.8 Å². The molecule has 0 heterocycles. The molecule has 6 unspecified atom stereocenters. The van der Waals surface area contributed by atoms with Crippen LogP contribution in [0.2, 0.25) is 0 Å². The highest BCUT2D eigenvalue weighted by Crippen LogP contribution is 2.56. The van der Waals surface area contributed by atoms with Gasteiger partial charge in [0.2, 0.25) is 5.78 Å². The Morgan fingerprint density at radius 2 is 1.79 bits per heavy atom. The monoisotopic (exact) mass is 544 g/mol. The molecule has 9 N–H and O–H groups in total. The van der Waals surface area contributed by atoms with E-state index in [0.29, 0.717) is 18.5 Å². The van der Waals surface area contributed by atoms with Gasteiger partial charge in [0, 0.05) is 18.0 Å². The summed E-state index contributed by atoms with van der Waals surface area (Å²) in [6, 6.07) is 0.879. The van der Waals surface area contributed by atoms with Gasteiger partial charge in [-0.05, 0) is 38.1 Å². The molecule has 210 valence electrons. The number of fused-ring (bicyclic) bond motifs is 3. The zero-order valence-electron chi connectivity index (χ0n) is 21.8. The molecule has 3 aliphatic carbocycles. The molecule has 0 bridgehead atoms. The van der Waals surface area contributed by atoms with Gasteiger partial charge < -0.3 is 41.9 Å². The van der Waals surface area contributed by atoms with Gasteiger partial charge in [-0.1, -0.05) is 19.9 Å². The third-order valence-corrected chi connectivity index (χ3v) is 7.91. The Kier molecular flexibility index (Phi) is 6.96. The van der Waals surface area contributed by atoms with Gasteiger partial charge in [-0.25, -0.2) is 4.79 Å². The molecule has 0 radical (unpaired) electrons. The number of nitrogens with two attached hydrogens (primary N) is 1. The van der Waals surface area contributed by atoms with Crippen molar-refractivity contribution in [3.05, 3.63) is 40.2 Å². The van der Waals surface area contributed by atoms with Crippen LogP contribution < -0.4 is 16.4 Å². The Morgan fingerprint density at radius 1 is 1.15 bits per heavy atom. The van der Waals surface area contributed by atoms with Gasteiger partial charge in [0.25, 0.3) is 5.91 Å². The van der Waals surface area contributed by atoms with Crippen LogP contribution in [0.5, 0.6) is 5.75 Å². The Balaban J connectivity index is 1.94. The average Bonchev–Trinajstić information content (AvgIpc) is 2.85. The number of anilines is 1. The van der Waals surface area contributed by atoms with E-state index in [4.69, 9.17) is 5.73 Å².